The molecule has 0 aromatic carbocycles. The van der Waals surface area contributed by atoms with Crippen LogP contribution in [0.2, 0.25) is 0 Å². The molecule has 3 N–H and O–H groups in total. The summed E-state index contributed by atoms with van der Waals surface area (Å²) >= 11 is 3.18. The summed E-state index contributed by atoms with van der Waals surface area (Å²) in [7, 11) is -3.70. The first-order valence-electron chi connectivity index (χ1n) is 5.50. The van der Waals surface area contributed by atoms with E-state index in [4.69, 9.17) is 10.8 Å². The Kier molecular flexibility index (Phi) is 3.90. The molecule has 1 aliphatic carbocycles. The van der Waals surface area contributed by atoms with E-state index in [9.17, 15) is 8.42 Å². The summed E-state index contributed by atoms with van der Waals surface area (Å²) in [6, 6.07) is 1.41. The quantitative estimate of drug-likeness (QED) is 0.820. The molecule has 0 radical (unpaired) electrons. The maximum Gasteiger partial charge on any atom is 0.247 e. The third-order valence-corrected chi connectivity index (χ3v) is 5.12. The van der Waals surface area contributed by atoms with Gasteiger partial charge in [-0.1, -0.05) is 0 Å². The van der Waals surface area contributed by atoms with Crippen molar-refractivity contribution >= 4 is 31.8 Å². The smallest absolute Gasteiger partial charge is 0.247 e. The van der Waals surface area contributed by atoms with Crippen LogP contribution in [-0.2, 0) is 10.0 Å². The maximum absolute atomic E-state index is 12.5. The van der Waals surface area contributed by atoms with E-state index < -0.39 is 10.0 Å². The van der Waals surface area contributed by atoms with Gasteiger partial charge in [0.15, 0.2) is 0 Å². The molecule has 18 heavy (non-hydrogen) atoms. The number of aliphatic hydroxyl groups is 1. The van der Waals surface area contributed by atoms with Gasteiger partial charge in [-0.3, -0.25) is 0 Å². The molecule has 100 valence electrons. The Morgan fingerprint density at radius 1 is 1.56 bits per heavy atom. The zero-order valence-corrected chi connectivity index (χ0v) is 12.0. The van der Waals surface area contributed by atoms with Crippen LogP contribution in [0.4, 0.5) is 5.82 Å². The van der Waals surface area contributed by atoms with Crippen molar-refractivity contribution < 1.29 is 13.5 Å². The number of aromatic nitrogens is 1. The lowest BCUT2D eigenvalue weighted by molar-refractivity contribution is 0.250. The minimum absolute atomic E-state index is 0.0165. The average Bonchev–Trinajstić information content (AvgIpc) is 3.13. The highest BCUT2D eigenvalue weighted by Crippen LogP contribution is 2.33. The highest BCUT2D eigenvalue weighted by molar-refractivity contribution is 9.10. The molecule has 1 saturated carbocycles. The number of halogens is 1. The van der Waals surface area contributed by atoms with Crippen LogP contribution in [0.1, 0.15) is 12.8 Å². The molecule has 1 fully saturated rings. The van der Waals surface area contributed by atoms with Gasteiger partial charge < -0.3 is 10.8 Å². The van der Waals surface area contributed by atoms with Gasteiger partial charge in [0.2, 0.25) is 10.0 Å². The molecule has 1 heterocycles. The molecular weight excluding hydrogens is 322 g/mol. The number of aliphatic hydroxyl groups excluding tert-OH is 1. The van der Waals surface area contributed by atoms with Crippen LogP contribution in [0.25, 0.3) is 0 Å². The Bertz CT molecular complexity index is 545. The van der Waals surface area contributed by atoms with Crippen LogP contribution >= 0.6 is 15.9 Å². The van der Waals surface area contributed by atoms with Crippen molar-refractivity contribution in [3.8, 4) is 0 Å². The molecule has 0 unspecified atom stereocenters. The number of nitrogens with two attached hydrogens (primary N) is 1. The lowest BCUT2D eigenvalue weighted by atomic mass is 10.5. The van der Waals surface area contributed by atoms with Crippen molar-refractivity contribution in [2.45, 2.75) is 23.8 Å². The molecule has 8 heteroatoms. The van der Waals surface area contributed by atoms with Crippen molar-refractivity contribution in [1.82, 2.24) is 9.29 Å². The van der Waals surface area contributed by atoms with Gasteiger partial charge in [0, 0.05) is 23.3 Å². The second kappa shape index (κ2) is 5.12. The average molecular weight is 336 g/mol. The van der Waals surface area contributed by atoms with Gasteiger partial charge in [-0.25, -0.2) is 13.4 Å². The zero-order chi connectivity index (χ0) is 13.3. The second-order valence-corrected chi connectivity index (χ2v) is 6.88. The maximum atomic E-state index is 12.5. The Morgan fingerprint density at radius 2 is 2.22 bits per heavy atom. The fourth-order valence-electron chi connectivity index (χ4n) is 1.72. The molecule has 0 aliphatic heterocycles. The van der Waals surface area contributed by atoms with Gasteiger partial charge in [0.1, 0.15) is 10.7 Å². The topological polar surface area (TPSA) is 96.5 Å². The summed E-state index contributed by atoms with van der Waals surface area (Å²) in [4.78, 5) is 3.81. The van der Waals surface area contributed by atoms with Gasteiger partial charge in [-0.2, -0.15) is 4.31 Å². The summed E-state index contributed by atoms with van der Waals surface area (Å²) in [5.74, 6) is -0.0261. The van der Waals surface area contributed by atoms with Gasteiger partial charge in [-0.05, 0) is 34.8 Å². The standard InChI is InChI=1S/C10H14BrN3O3S/c11-7-5-9(10(12)13-6-7)18(16,17)14(3-4-15)8-1-2-8/h5-6,8,15H,1-4H2,(H2,12,13). The van der Waals surface area contributed by atoms with E-state index in [1.807, 2.05) is 0 Å². The molecule has 0 spiro atoms. The Balaban J connectivity index is 2.42. The normalized spacial score (nSPS) is 16.2. The number of hydrogen-bond donors (Lipinski definition) is 2. The van der Waals surface area contributed by atoms with E-state index in [2.05, 4.69) is 20.9 Å². The number of sulfonamides is 1. The number of nitrogens with zero attached hydrogens (tertiary/aromatic N) is 2. The summed E-state index contributed by atoms with van der Waals surface area (Å²) < 4.78 is 26.8. The largest absolute Gasteiger partial charge is 0.395 e. The first-order chi connectivity index (χ1) is 8.46. The first-order valence-corrected chi connectivity index (χ1v) is 7.74. The minimum Gasteiger partial charge on any atom is -0.395 e. The predicted molar refractivity (Wildman–Crippen MR) is 70.3 cm³/mol. The number of pyridine rings is 1. The predicted octanol–water partition coefficient (Wildman–Crippen LogP) is 0.572. The van der Waals surface area contributed by atoms with Crippen LogP contribution in [0.5, 0.6) is 0 Å². The lowest BCUT2D eigenvalue weighted by Gasteiger charge is -2.21. The van der Waals surface area contributed by atoms with Crippen molar-refractivity contribution in [3.63, 3.8) is 0 Å². The summed E-state index contributed by atoms with van der Waals surface area (Å²) in [5.41, 5.74) is 5.63. The molecule has 0 amide bonds. The monoisotopic (exact) mass is 335 g/mol. The zero-order valence-electron chi connectivity index (χ0n) is 9.58. The van der Waals surface area contributed by atoms with Crippen LogP contribution in [-0.4, -0.2) is 42.0 Å². The molecular formula is C10H14BrN3O3S. The van der Waals surface area contributed by atoms with E-state index in [1.54, 1.807) is 0 Å². The van der Waals surface area contributed by atoms with Crippen molar-refractivity contribution in [2.75, 3.05) is 18.9 Å². The van der Waals surface area contributed by atoms with Crippen molar-refractivity contribution in [3.05, 3.63) is 16.7 Å². The van der Waals surface area contributed by atoms with Gasteiger partial charge in [-0.15, -0.1) is 0 Å². The minimum atomic E-state index is -3.70. The summed E-state index contributed by atoms with van der Waals surface area (Å²) in [6.45, 7) is -0.129. The van der Waals surface area contributed by atoms with E-state index in [1.165, 1.54) is 16.6 Å². The number of rotatable bonds is 5. The van der Waals surface area contributed by atoms with Crippen molar-refractivity contribution in [1.29, 1.82) is 0 Å². The fraction of sp³-hybridized carbons (Fsp3) is 0.500. The van der Waals surface area contributed by atoms with Crippen molar-refractivity contribution in [2.24, 2.45) is 0 Å². The van der Waals surface area contributed by atoms with Gasteiger partial charge >= 0.3 is 0 Å². The fourth-order valence-corrected chi connectivity index (χ4v) is 3.98. The number of hydrogen-bond acceptors (Lipinski definition) is 5. The van der Waals surface area contributed by atoms with E-state index in [0.29, 0.717) is 4.47 Å². The highest BCUT2D eigenvalue weighted by Gasteiger charge is 2.38. The van der Waals surface area contributed by atoms with E-state index in [-0.39, 0.29) is 29.9 Å². The number of anilines is 1. The van der Waals surface area contributed by atoms with Crippen LogP contribution in [0.15, 0.2) is 21.6 Å². The van der Waals surface area contributed by atoms with E-state index >= 15 is 0 Å². The Labute approximate surface area is 114 Å². The molecule has 2 rings (SSSR count). The molecule has 6 nitrogen and oxygen atoms in total. The molecule has 1 aliphatic rings. The highest BCUT2D eigenvalue weighted by atomic mass is 79.9. The second-order valence-electron chi connectivity index (χ2n) is 4.11. The van der Waals surface area contributed by atoms with Crippen LogP contribution < -0.4 is 5.73 Å². The van der Waals surface area contributed by atoms with Gasteiger partial charge in [0.05, 0.1) is 6.61 Å². The molecule has 0 atom stereocenters. The number of nitrogen functional groups attached to an aromatic ring is 1. The third-order valence-electron chi connectivity index (χ3n) is 2.71. The SMILES string of the molecule is Nc1ncc(Br)cc1S(=O)(=O)N(CCO)C1CC1. The molecule has 0 bridgehead atoms. The lowest BCUT2D eigenvalue weighted by Crippen LogP contribution is -2.36. The first kappa shape index (κ1) is 13.7. The Morgan fingerprint density at radius 3 is 2.78 bits per heavy atom. The van der Waals surface area contributed by atoms with Crippen LogP contribution in [0.3, 0.4) is 0 Å². The third kappa shape index (κ3) is 2.66. The Hall–Kier alpha value is -0.700. The van der Waals surface area contributed by atoms with Crippen LogP contribution in [0, 0.1) is 0 Å². The summed E-state index contributed by atoms with van der Waals surface area (Å²) in [6.07, 6.45) is 3.09. The molecule has 1 aromatic rings. The molecule has 1 aromatic heterocycles. The van der Waals surface area contributed by atoms with E-state index in [0.717, 1.165) is 12.8 Å². The summed E-state index contributed by atoms with van der Waals surface area (Å²) in [5, 5.41) is 8.99. The van der Waals surface area contributed by atoms with Gasteiger partial charge in [0.25, 0.3) is 0 Å². The molecule has 0 saturated heterocycles.